The van der Waals surface area contributed by atoms with E-state index in [-0.39, 0.29) is 5.91 Å². The van der Waals surface area contributed by atoms with Crippen LogP contribution in [0.4, 0.5) is 5.13 Å². The van der Waals surface area contributed by atoms with E-state index < -0.39 is 5.54 Å². The van der Waals surface area contributed by atoms with Crippen LogP contribution in [0.15, 0.2) is 0 Å². The van der Waals surface area contributed by atoms with Gasteiger partial charge in [-0.05, 0) is 20.8 Å². The topological polar surface area (TPSA) is 75.4 Å². The lowest BCUT2D eigenvalue weighted by molar-refractivity contribution is -0.136. The molecule has 1 amide bonds. The number of aryl methyl sites for hydroxylation is 1. The number of piperazine rings is 1. The highest BCUT2D eigenvalue weighted by Crippen LogP contribution is 2.19. The van der Waals surface area contributed by atoms with Crippen molar-refractivity contribution in [3.8, 4) is 0 Å². The lowest BCUT2D eigenvalue weighted by atomic mass is 10.1. The van der Waals surface area contributed by atoms with Gasteiger partial charge in [-0.2, -0.15) is 4.37 Å². The highest BCUT2D eigenvalue weighted by molar-refractivity contribution is 7.09. The molecule has 1 aromatic rings. The Labute approximate surface area is 111 Å². The molecule has 0 spiro atoms. The summed E-state index contributed by atoms with van der Waals surface area (Å²) in [6, 6.07) is 0. The van der Waals surface area contributed by atoms with Crippen LogP contribution in [0.25, 0.3) is 0 Å². The molecule has 7 heteroatoms. The molecule has 6 nitrogen and oxygen atoms in total. The third-order valence-corrected chi connectivity index (χ3v) is 3.77. The first-order valence-corrected chi connectivity index (χ1v) is 6.79. The monoisotopic (exact) mass is 269 g/mol. The summed E-state index contributed by atoms with van der Waals surface area (Å²) in [7, 11) is 0. The Balaban J connectivity index is 1.94. The number of rotatable bonds is 2. The summed E-state index contributed by atoms with van der Waals surface area (Å²) in [5, 5.41) is 0.937. The Hall–Kier alpha value is -1.21. The van der Waals surface area contributed by atoms with Crippen molar-refractivity contribution in [1.29, 1.82) is 0 Å². The van der Waals surface area contributed by atoms with Gasteiger partial charge in [0.25, 0.3) is 0 Å². The van der Waals surface area contributed by atoms with Gasteiger partial charge in [-0.25, -0.2) is 4.98 Å². The van der Waals surface area contributed by atoms with Crippen molar-refractivity contribution >= 4 is 22.6 Å². The molecule has 0 saturated carbocycles. The lowest BCUT2D eigenvalue weighted by Gasteiger charge is -2.37. The number of hydrogen-bond donors (Lipinski definition) is 1. The van der Waals surface area contributed by atoms with Crippen LogP contribution < -0.4 is 10.6 Å². The minimum absolute atomic E-state index is 0.00981. The number of carbonyl (C=O) groups excluding carboxylic acids is 1. The Kier molecular flexibility index (Phi) is 3.54. The molecule has 0 bridgehead atoms. The number of nitrogens with two attached hydrogens (primary N) is 1. The molecule has 100 valence electrons. The second kappa shape index (κ2) is 4.81. The van der Waals surface area contributed by atoms with Crippen LogP contribution in [-0.4, -0.2) is 51.9 Å². The molecule has 2 heterocycles. The normalized spacial score (nSPS) is 17.1. The quantitative estimate of drug-likeness (QED) is 0.832. The van der Waals surface area contributed by atoms with Crippen LogP contribution in [-0.2, 0) is 4.79 Å². The number of carbonyl (C=O) groups is 1. The summed E-state index contributed by atoms with van der Waals surface area (Å²) in [5.74, 6) is 0.812. The molecule has 1 fully saturated rings. The first kappa shape index (κ1) is 13.2. The van der Waals surface area contributed by atoms with Gasteiger partial charge in [0.2, 0.25) is 11.0 Å². The van der Waals surface area contributed by atoms with Crippen molar-refractivity contribution in [2.75, 3.05) is 31.1 Å². The molecule has 1 saturated heterocycles. The highest BCUT2D eigenvalue weighted by Gasteiger charge is 2.30. The smallest absolute Gasteiger partial charge is 0.242 e. The van der Waals surface area contributed by atoms with E-state index >= 15 is 0 Å². The van der Waals surface area contributed by atoms with Crippen molar-refractivity contribution < 1.29 is 4.79 Å². The third-order valence-electron chi connectivity index (χ3n) is 2.91. The first-order chi connectivity index (χ1) is 8.38. The minimum atomic E-state index is -0.790. The number of anilines is 1. The molecule has 0 atom stereocenters. The summed E-state index contributed by atoms with van der Waals surface area (Å²) in [6.07, 6.45) is 0. The zero-order valence-electron chi connectivity index (χ0n) is 11.0. The van der Waals surface area contributed by atoms with Gasteiger partial charge in [0.05, 0.1) is 5.54 Å². The molecule has 2 rings (SSSR count). The fourth-order valence-corrected chi connectivity index (χ4v) is 2.65. The van der Waals surface area contributed by atoms with Crippen LogP contribution in [0, 0.1) is 6.92 Å². The van der Waals surface area contributed by atoms with E-state index in [2.05, 4.69) is 14.3 Å². The van der Waals surface area contributed by atoms with Crippen molar-refractivity contribution in [2.45, 2.75) is 26.3 Å². The Bertz CT molecular complexity index is 431. The van der Waals surface area contributed by atoms with Gasteiger partial charge in [-0.3, -0.25) is 4.79 Å². The minimum Gasteiger partial charge on any atom is -0.343 e. The van der Waals surface area contributed by atoms with E-state index in [9.17, 15) is 4.79 Å². The largest absolute Gasteiger partial charge is 0.343 e. The molecular weight excluding hydrogens is 250 g/mol. The van der Waals surface area contributed by atoms with Gasteiger partial charge >= 0.3 is 0 Å². The van der Waals surface area contributed by atoms with Crippen LogP contribution in [0.5, 0.6) is 0 Å². The molecule has 0 aromatic carbocycles. The zero-order chi connectivity index (χ0) is 13.3. The maximum Gasteiger partial charge on any atom is 0.242 e. The van der Waals surface area contributed by atoms with Crippen LogP contribution in [0.1, 0.15) is 19.7 Å². The fraction of sp³-hybridized carbons (Fsp3) is 0.727. The molecule has 0 aliphatic carbocycles. The fourth-order valence-electron chi connectivity index (χ4n) is 1.92. The molecule has 1 aliphatic heterocycles. The van der Waals surface area contributed by atoms with E-state index in [1.807, 2.05) is 11.8 Å². The Morgan fingerprint density at radius 1 is 1.33 bits per heavy atom. The predicted octanol–water partition coefficient (Wildman–Crippen LogP) is 0.232. The average molecular weight is 269 g/mol. The summed E-state index contributed by atoms with van der Waals surface area (Å²) >= 11 is 1.41. The molecule has 0 unspecified atom stereocenters. The van der Waals surface area contributed by atoms with Crippen molar-refractivity contribution in [3.63, 3.8) is 0 Å². The van der Waals surface area contributed by atoms with Crippen molar-refractivity contribution in [3.05, 3.63) is 5.82 Å². The maximum absolute atomic E-state index is 12.0. The van der Waals surface area contributed by atoms with Gasteiger partial charge in [-0.15, -0.1) is 0 Å². The summed E-state index contributed by atoms with van der Waals surface area (Å²) < 4.78 is 4.17. The number of hydrogen-bond acceptors (Lipinski definition) is 6. The Morgan fingerprint density at radius 3 is 2.39 bits per heavy atom. The van der Waals surface area contributed by atoms with Crippen molar-refractivity contribution in [2.24, 2.45) is 5.73 Å². The average Bonchev–Trinajstić information content (AvgIpc) is 2.74. The van der Waals surface area contributed by atoms with Crippen LogP contribution >= 0.6 is 11.5 Å². The summed E-state index contributed by atoms with van der Waals surface area (Å²) in [6.45, 7) is 8.34. The second-order valence-corrected chi connectivity index (χ2v) is 5.86. The van der Waals surface area contributed by atoms with Crippen molar-refractivity contribution in [1.82, 2.24) is 14.3 Å². The van der Waals surface area contributed by atoms with Gasteiger partial charge in [0.15, 0.2) is 0 Å². The molecule has 1 aromatic heterocycles. The predicted molar refractivity (Wildman–Crippen MR) is 71.7 cm³/mol. The van der Waals surface area contributed by atoms with E-state index in [0.717, 1.165) is 24.0 Å². The van der Waals surface area contributed by atoms with E-state index in [4.69, 9.17) is 5.73 Å². The first-order valence-electron chi connectivity index (χ1n) is 6.01. The molecular formula is C11H19N5OS. The second-order valence-electron chi connectivity index (χ2n) is 5.13. The number of aromatic nitrogens is 2. The van der Waals surface area contributed by atoms with Gasteiger partial charge < -0.3 is 15.5 Å². The van der Waals surface area contributed by atoms with E-state index in [1.54, 1.807) is 13.8 Å². The molecule has 2 N–H and O–H groups in total. The number of amides is 1. The summed E-state index contributed by atoms with van der Waals surface area (Å²) in [4.78, 5) is 20.4. The van der Waals surface area contributed by atoms with E-state index in [1.165, 1.54) is 11.5 Å². The van der Waals surface area contributed by atoms with Gasteiger partial charge in [0.1, 0.15) is 5.82 Å². The number of nitrogens with zero attached hydrogens (tertiary/aromatic N) is 4. The molecule has 1 aliphatic rings. The SMILES string of the molecule is Cc1nsc(N2CCN(C(=O)C(C)(C)N)CC2)n1. The van der Waals surface area contributed by atoms with Crippen LogP contribution in [0.2, 0.25) is 0 Å². The third kappa shape index (κ3) is 2.78. The summed E-state index contributed by atoms with van der Waals surface area (Å²) in [5.41, 5.74) is 5.04. The van der Waals surface area contributed by atoms with Gasteiger partial charge in [0, 0.05) is 37.7 Å². The Morgan fingerprint density at radius 2 is 1.94 bits per heavy atom. The van der Waals surface area contributed by atoms with Gasteiger partial charge in [-0.1, -0.05) is 0 Å². The molecule has 18 heavy (non-hydrogen) atoms. The highest BCUT2D eigenvalue weighted by atomic mass is 32.1. The standard InChI is InChI=1S/C11H19N5OS/c1-8-13-10(18-14-8)16-6-4-15(5-7-16)9(17)11(2,3)12/h4-7,12H2,1-3H3. The zero-order valence-corrected chi connectivity index (χ0v) is 11.8. The molecule has 0 radical (unpaired) electrons. The van der Waals surface area contributed by atoms with E-state index in [0.29, 0.717) is 13.1 Å². The van der Waals surface area contributed by atoms with Crippen LogP contribution in [0.3, 0.4) is 0 Å². The maximum atomic E-state index is 12.0. The lowest BCUT2D eigenvalue weighted by Crippen LogP contribution is -2.57.